The number of nitrogens with two attached hydrogens (primary N) is 1. The van der Waals surface area contributed by atoms with Gasteiger partial charge in [-0.15, -0.1) is 0 Å². The molecule has 19 heavy (non-hydrogen) atoms. The van der Waals surface area contributed by atoms with Crippen molar-refractivity contribution >= 4 is 11.8 Å². The maximum Gasteiger partial charge on any atom is 0.409 e. The van der Waals surface area contributed by atoms with E-state index in [1.807, 2.05) is 12.1 Å². The van der Waals surface area contributed by atoms with Crippen molar-refractivity contribution < 1.29 is 9.53 Å². The smallest absolute Gasteiger partial charge is 0.409 e. The summed E-state index contributed by atoms with van der Waals surface area (Å²) in [6.07, 6.45) is 3.50. The second-order valence-corrected chi connectivity index (χ2v) is 4.98. The molecule has 0 unspecified atom stereocenters. The van der Waals surface area contributed by atoms with E-state index in [4.69, 9.17) is 10.5 Å². The number of unbranched alkanes of at least 4 members (excludes halogenated alkanes) is 1. The van der Waals surface area contributed by atoms with E-state index in [0.29, 0.717) is 13.2 Å². The van der Waals surface area contributed by atoms with Gasteiger partial charge in [-0.1, -0.05) is 19.4 Å². The molecule has 0 aliphatic carbocycles. The predicted octanol–water partition coefficient (Wildman–Crippen LogP) is 2.61. The Labute approximate surface area is 114 Å². The first kappa shape index (κ1) is 13.7. The molecular formula is C15H22N2O2. The first-order valence-corrected chi connectivity index (χ1v) is 6.99. The summed E-state index contributed by atoms with van der Waals surface area (Å²) in [7, 11) is 0. The third-order valence-electron chi connectivity index (χ3n) is 3.51. The van der Waals surface area contributed by atoms with E-state index in [0.717, 1.165) is 37.9 Å². The summed E-state index contributed by atoms with van der Waals surface area (Å²) >= 11 is 0. The summed E-state index contributed by atoms with van der Waals surface area (Å²) in [4.78, 5) is 13.7. The number of carbonyl (C=O) groups excluding carboxylic acids is 1. The molecule has 2 N–H and O–H groups in total. The number of ether oxygens (including phenoxy) is 1. The Hall–Kier alpha value is -1.71. The number of fused-ring (bicyclic) bond motifs is 1. The van der Waals surface area contributed by atoms with Gasteiger partial charge in [-0.25, -0.2) is 4.79 Å². The van der Waals surface area contributed by atoms with E-state index < -0.39 is 0 Å². The van der Waals surface area contributed by atoms with Gasteiger partial charge in [0.1, 0.15) is 0 Å². The summed E-state index contributed by atoms with van der Waals surface area (Å²) in [5.74, 6) is 0. The quantitative estimate of drug-likeness (QED) is 0.673. The van der Waals surface area contributed by atoms with E-state index in [1.165, 1.54) is 11.1 Å². The van der Waals surface area contributed by atoms with Crippen LogP contribution in [0.4, 0.5) is 10.5 Å². The standard InChI is InChI=1S/C15H22N2O2/c1-2-3-10-19-15(18)17-8-6-12-4-5-14(16)11-13(12)7-9-17/h4-5,11H,2-3,6-10,16H2,1H3. The van der Waals surface area contributed by atoms with Crippen LogP contribution in [-0.4, -0.2) is 30.7 Å². The highest BCUT2D eigenvalue weighted by Gasteiger charge is 2.19. The lowest BCUT2D eigenvalue weighted by molar-refractivity contribution is 0.103. The highest BCUT2D eigenvalue weighted by Crippen LogP contribution is 2.19. The van der Waals surface area contributed by atoms with Crippen molar-refractivity contribution in [2.75, 3.05) is 25.4 Å². The highest BCUT2D eigenvalue weighted by atomic mass is 16.6. The number of rotatable bonds is 3. The SMILES string of the molecule is CCCCOC(=O)N1CCc2ccc(N)cc2CC1. The lowest BCUT2D eigenvalue weighted by Gasteiger charge is -2.19. The molecule has 1 aliphatic rings. The zero-order valence-electron chi connectivity index (χ0n) is 11.5. The number of amides is 1. The number of nitrogens with zero attached hydrogens (tertiary/aromatic N) is 1. The van der Waals surface area contributed by atoms with Gasteiger partial charge >= 0.3 is 6.09 Å². The molecule has 1 heterocycles. The lowest BCUT2D eigenvalue weighted by Crippen LogP contribution is -2.34. The summed E-state index contributed by atoms with van der Waals surface area (Å²) in [5, 5.41) is 0. The van der Waals surface area contributed by atoms with Crippen LogP contribution in [0.25, 0.3) is 0 Å². The molecule has 0 atom stereocenters. The second-order valence-electron chi connectivity index (χ2n) is 4.98. The fourth-order valence-electron chi connectivity index (χ4n) is 2.32. The largest absolute Gasteiger partial charge is 0.449 e. The van der Waals surface area contributed by atoms with Gasteiger partial charge in [-0.05, 0) is 42.5 Å². The molecule has 0 saturated heterocycles. The molecule has 0 aromatic heterocycles. The van der Waals surface area contributed by atoms with E-state index in [2.05, 4.69) is 13.0 Å². The average molecular weight is 262 g/mol. The van der Waals surface area contributed by atoms with Gasteiger partial charge in [0.05, 0.1) is 6.61 Å². The molecule has 1 aromatic carbocycles. The van der Waals surface area contributed by atoms with E-state index >= 15 is 0 Å². The van der Waals surface area contributed by atoms with Crippen molar-refractivity contribution in [3.63, 3.8) is 0 Å². The fraction of sp³-hybridized carbons (Fsp3) is 0.533. The van der Waals surface area contributed by atoms with Gasteiger partial charge in [-0.3, -0.25) is 0 Å². The van der Waals surface area contributed by atoms with Gasteiger partial charge in [-0.2, -0.15) is 0 Å². The number of hydrogen-bond donors (Lipinski definition) is 1. The molecule has 0 fully saturated rings. The fourth-order valence-corrected chi connectivity index (χ4v) is 2.32. The van der Waals surface area contributed by atoms with Gasteiger partial charge in [0.25, 0.3) is 0 Å². The van der Waals surface area contributed by atoms with Crippen LogP contribution in [0.5, 0.6) is 0 Å². The summed E-state index contributed by atoms with van der Waals surface area (Å²) in [5.41, 5.74) is 9.14. The minimum atomic E-state index is -0.186. The summed E-state index contributed by atoms with van der Waals surface area (Å²) in [6.45, 7) is 4.04. The third-order valence-corrected chi connectivity index (χ3v) is 3.51. The molecular weight excluding hydrogens is 240 g/mol. The Morgan fingerprint density at radius 3 is 2.79 bits per heavy atom. The minimum absolute atomic E-state index is 0.186. The number of anilines is 1. The van der Waals surface area contributed by atoms with E-state index in [9.17, 15) is 4.79 Å². The van der Waals surface area contributed by atoms with Crippen molar-refractivity contribution in [1.29, 1.82) is 0 Å². The summed E-state index contributed by atoms with van der Waals surface area (Å²) < 4.78 is 5.26. The minimum Gasteiger partial charge on any atom is -0.449 e. The number of carbonyl (C=O) groups is 1. The molecule has 1 amide bonds. The monoisotopic (exact) mass is 262 g/mol. The maximum absolute atomic E-state index is 11.9. The Morgan fingerprint density at radius 1 is 1.32 bits per heavy atom. The molecule has 4 nitrogen and oxygen atoms in total. The van der Waals surface area contributed by atoms with Gasteiger partial charge in [0.2, 0.25) is 0 Å². The topological polar surface area (TPSA) is 55.6 Å². The van der Waals surface area contributed by atoms with E-state index in [-0.39, 0.29) is 6.09 Å². The van der Waals surface area contributed by atoms with Crippen molar-refractivity contribution in [2.24, 2.45) is 0 Å². The van der Waals surface area contributed by atoms with Crippen molar-refractivity contribution in [1.82, 2.24) is 4.90 Å². The highest BCUT2D eigenvalue weighted by molar-refractivity contribution is 5.67. The molecule has 1 aliphatic heterocycles. The molecule has 0 saturated carbocycles. The predicted molar refractivity (Wildman–Crippen MR) is 76.1 cm³/mol. The van der Waals surface area contributed by atoms with Crippen molar-refractivity contribution in [3.8, 4) is 0 Å². The van der Waals surface area contributed by atoms with Crippen LogP contribution in [0.1, 0.15) is 30.9 Å². The number of nitrogen functional groups attached to an aromatic ring is 1. The van der Waals surface area contributed by atoms with Crippen LogP contribution in [0.15, 0.2) is 18.2 Å². The Balaban J connectivity index is 1.93. The van der Waals surface area contributed by atoms with Crippen LogP contribution in [0.3, 0.4) is 0 Å². The first-order valence-electron chi connectivity index (χ1n) is 6.99. The van der Waals surface area contributed by atoms with Gasteiger partial charge in [0, 0.05) is 18.8 Å². The van der Waals surface area contributed by atoms with Crippen LogP contribution in [0, 0.1) is 0 Å². The van der Waals surface area contributed by atoms with Gasteiger partial charge in [0.15, 0.2) is 0 Å². The maximum atomic E-state index is 11.9. The van der Waals surface area contributed by atoms with Crippen LogP contribution < -0.4 is 5.73 Å². The lowest BCUT2D eigenvalue weighted by atomic mass is 10.0. The Bertz CT molecular complexity index is 446. The average Bonchev–Trinajstić information content (AvgIpc) is 2.61. The molecule has 1 aromatic rings. The molecule has 0 spiro atoms. The number of benzene rings is 1. The van der Waals surface area contributed by atoms with Crippen molar-refractivity contribution in [3.05, 3.63) is 29.3 Å². The zero-order valence-corrected chi connectivity index (χ0v) is 11.5. The Kier molecular flexibility index (Phi) is 4.66. The Morgan fingerprint density at radius 2 is 2.05 bits per heavy atom. The molecule has 0 radical (unpaired) electrons. The van der Waals surface area contributed by atoms with Crippen molar-refractivity contribution in [2.45, 2.75) is 32.6 Å². The van der Waals surface area contributed by atoms with Gasteiger partial charge < -0.3 is 15.4 Å². The van der Waals surface area contributed by atoms with Crippen LogP contribution in [-0.2, 0) is 17.6 Å². The first-order chi connectivity index (χ1) is 9.20. The van der Waals surface area contributed by atoms with Crippen LogP contribution in [0.2, 0.25) is 0 Å². The molecule has 2 rings (SSSR count). The second kappa shape index (κ2) is 6.45. The molecule has 0 bridgehead atoms. The van der Waals surface area contributed by atoms with E-state index in [1.54, 1.807) is 4.90 Å². The summed E-state index contributed by atoms with van der Waals surface area (Å²) in [6, 6.07) is 6.01. The third kappa shape index (κ3) is 3.63. The van der Waals surface area contributed by atoms with Crippen LogP contribution >= 0.6 is 0 Å². The number of hydrogen-bond acceptors (Lipinski definition) is 3. The molecule has 4 heteroatoms. The molecule has 104 valence electrons. The normalized spacial score (nSPS) is 14.7. The zero-order chi connectivity index (χ0) is 13.7.